The van der Waals surface area contributed by atoms with Crippen LogP contribution in [0.25, 0.3) is 0 Å². The molecule has 0 aliphatic rings. The Morgan fingerprint density at radius 2 is 1.17 bits per heavy atom. The van der Waals surface area contributed by atoms with E-state index in [1.165, 1.54) is 0 Å². The molecule has 0 rings (SSSR count). The van der Waals surface area contributed by atoms with Crippen LogP contribution in [0.1, 0.15) is 129 Å². The van der Waals surface area contributed by atoms with E-state index >= 15 is 0 Å². The van der Waals surface area contributed by atoms with Crippen molar-refractivity contribution in [1.82, 2.24) is 0 Å². The van der Waals surface area contributed by atoms with Crippen LogP contribution in [0, 0.1) is 5.92 Å². The Balaban J connectivity index is 5.32. The lowest BCUT2D eigenvalue weighted by molar-refractivity contribution is -0.237. The summed E-state index contributed by atoms with van der Waals surface area (Å²) in [7, 11) is 0. The Labute approximate surface area is 218 Å². The molecule has 0 saturated heterocycles. The molecule has 0 spiro atoms. The standard InChI is InChI=1S/C26H45BrO8/c1-3-5-7-9-14-18-22(28)21(17-13-11-12-16-20-24(30)34-32)26(27,25(31)35-33)23(29)19-15-10-8-6-4-2/h21,32-33H,3-20H2,1-2H3. The van der Waals surface area contributed by atoms with Crippen molar-refractivity contribution in [3.8, 4) is 0 Å². The summed E-state index contributed by atoms with van der Waals surface area (Å²) in [5.74, 6) is -3.42. The van der Waals surface area contributed by atoms with Crippen LogP contribution in [0.4, 0.5) is 0 Å². The van der Waals surface area contributed by atoms with E-state index in [1.54, 1.807) is 0 Å². The number of Topliss-reactive ketones (excluding diaryl/α,β-unsaturated/α-hetero) is 2. The van der Waals surface area contributed by atoms with Gasteiger partial charge in [-0.3, -0.25) is 14.5 Å². The van der Waals surface area contributed by atoms with Gasteiger partial charge in [0.1, 0.15) is 5.78 Å². The summed E-state index contributed by atoms with van der Waals surface area (Å²) in [6.45, 7) is 4.21. The van der Waals surface area contributed by atoms with Crippen LogP contribution in [0.5, 0.6) is 0 Å². The van der Waals surface area contributed by atoms with Crippen molar-refractivity contribution >= 4 is 39.4 Å². The van der Waals surface area contributed by atoms with E-state index in [0.29, 0.717) is 38.5 Å². The molecule has 2 unspecified atom stereocenters. The molecule has 2 N–H and O–H groups in total. The Kier molecular flexibility index (Phi) is 20.0. The minimum Gasteiger partial charge on any atom is -0.301 e. The second kappa shape index (κ2) is 20.8. The van der Waals surface area contributed by atoms with Gasteiger partial charge in [0, 0.05) is 19.3 Å². The molecule has 0 aliphatic heterocycles. The second-order valence-electron chi connectivity index (χ2n) is 9.28. The molecule has 0 aromatic carbocycles. The largest absolute Gasteiger partial charge is 0.366 e. The molecular formula is C26H45BrO8. The fourth-order valence-electron chi connectivity index (χ4n) is 4.26. The van der Waals surface area contributed by atoms with E-state index in [2.05, 4.69) is 39.6 Å². The zero-order valence-corrected chi connectivity index (χ0v) is 23.1. The summed E-state index contributed by atoms with van der Waals surface area (Å²) in [5, 5.41) is 17.5. The Morgan fingerprint density at radius 1 is 0.686 bits per heavy atom. The van der Waals surface area contributed by atoms with Crippen LogP contribution in [-0.4, -0.2) is 38.3 Å². The predicted octanol–water partition coefficient (Wildman–Crippen LogP) is 6.97. The molecular weight excluding hydrogens is 520 g/mol. The number of alkyl halides is 1. The lowest BCUT2D eigenvalue weighted by atomic mass is 9.78. The third kappa shape index (κ3) is 13.5. The first-order chi connectivity index (χ1) is 16.8. The quantitative estimate of drug-likeness (QED) is 0.0447. The third-order valence-corrected chi connectivity index (χ3v) is 7.73. The monoisotopic (exact) mass is 564 g/mol. The van der Waals surface area contributed by atoms with Crippen molar-refractivity contribution in [2.24, 2.45) is 5.92 Å². The summed E-state index contributed by atoms with van der Waals surface area (Å²) in [5.41, 5.74) is 0. The van der Waals surface area contributed by atoms with E-state index in [4.69, 9.17) is 5.26 Å². The highest BCUT2D eigenvalue weighted by atomic mass is 79.9. The maximum atomic E-state index is 13.3. The normalized spacial score (nSPS) is 13.6. The minimum absolute atomic E-state index is 0.0896. The lowest BCUT2D eigenvalue weighted by Crippen LogP contribution is -2.51. The Morgan fingerprint density at radius 3 is 1.69 bits per heavy atom. The van der Waals surface area contributed by atoms with E-state index in [1.807, 2.05) is 0 Å². The highest BCUT2D eigenvalue weighted by Crippen LogP contribution is 2.38. The van der Waals surface area contributed by atoms with Crippen LogP contribution < -0.4 is 0 Å². The van der Waals surface area contributed by atoms with Gasteiger partial charge in [-0.2, -0.15) is 10.5 Å². The van der Waals surface area contributed by atoms with E-state index in [9.17, 15) is 24.4 Å². The van der Waals surface area contributed by atoms with Crippen LogP contribution in [0.2, 0.25) is 0 Å². The van der Waals surface area contributed by atoms with Crippen molar-refractivity contribution < 1.29 is 39.5 Å². The van der Waals surface area contributed by atoms with Gasteiger partial charge < -0.3 is 4.89 Å². The molecule has 8 nitrogen and oxygen atoms in total. The van der Waals surface area contributed by atoms with Gasteiger partial charge >= 0.3 is 11.9 Å². The Bertz CT molecular complexity index is 624. The minimum atomic E-state index is -1.91. The fraction of sp³-hybridized carbons (Fsp3) is 0.846. The van der Waals surface area contributed by atoms with Gasteiger partial charge in [-0.1, -0.05) is 100 Å². The van der Waals surface area contributed by atoms with Gasteiger partial charge in [0.25, 0.3) is 0 Å². The number of rotatable bonds is 23. The van der Waals surface area contributed by atoms with Crippen molar-refractivity contribution in [2.75, 3.05) is 0 Å². The Hall–Kier alpha value is -1.32. The molecule has 0 aliphatic carbocycles. The van der Waals surface area contributed by atoms with Crippen molar-refractivity contribution in [3.63, 3.8) is 0 Å². The molecule has 0 saturated carbocycles. The van der Waals surface area contributed by atoms with Crippen LogP contribution >= 0.6 is 15.9 Å². The van der Waals surface area contributed by atoms with Gasteiger partial charge in [0.15, 0.2) is 10.1 Å². The first kappa shape index (κ1) is 33.7. The highest BCUT2D eigenvalue weighted by Gasteiger charge is 2.53. The molecule has 0 aromatic rings. The SMILES string of the molecule is CCCCCCCC(=O)C(CCCCCCC(=O)OO)C(Br)(C(=O)CCCCCCC)C(=O)OO. The third-order valence-electron chi connectivity index (χ3n) is 6.41. The van der Waals surface area contributed by atoms with E-state index in [-0.39, 0.29) is 31.5 Å². The summed E-state index contributed by atoms with van der Waals surface area (Å²) >= 11 is 3.28. The topological polar surface area (TPSA) is 127 Å². The number of hydrogen-bond donors (Lipinski definition) is 2. The predicted molar refractivity (Wildman–Crippen MR) is 137 cm³/mol. The summed E-state index contributed by atoms with van der Waals surface area (Å²) in [6.07, 6.45) is 12.5. The van der Waals surface area contributed by atoms with Gasteiger partial charge in [-0.25, -0.2) is 9.59 Å². The molecule has 0 fully saturated rings. The van der Waals surface area contributed by atoms with Gasteiger partial charge in [-0.05, 0) is 25.7 Å². The van der Waals surface area contributed by atoms with Crippen LogP contribution in [0.3, 0.4) is 0 Å². The van der Waals surface area contributed by atoms with Crippen LogP contribution in [0.15, 0.2) is 0 Å². The number of unbranched alkanes of at least 4 members (excludes halogenated alkanes) is 11. The number of hydrogen-bond acceptors (Lipinski definition) is 8. The molecule has 35 heavy (non-hydrogen) atoms. The van der Waals surface area contributed by atoms with Gasteiger partial charge in [0.05, 0.1) is 5.92 Å². The van der Waals surface area contributed by atoms with E-state index < -0.39 is 28.0 Å². The number of ketones is 2. The van der Waals surface area contributed by atoms with Gasteiger partial charge in [0.2, 0.25) is 0 Å². The maximum absolute atomic E-state index is 13.3. The molecule has 0 aromatic heterocycles. The maximum Gasteiger partial charge on any atom is 0.366 e. The molecule has 2 atom stereocenters. The van der Waals surface area contributed by atoms with Crippen molar-refractivity contribution in [2.45, 2.75) is 134 Å². The van der Waals surface area contributed by atoms with Gasteiger partial charge in [-0.15, -0.1) is 0 Å². The highest BCUT2D eigenvalue weighted by molar-refractivity contribution is 9.10. The van der Waals surface area contributed by atoms with Crippen molar-refractivity contribution in [3.05, 3.63) is 0 Å². The number of carbonyl (C=O) groups is 4. The number of carbonyl (C=O) groups excluding carboxylic acids is 4. The first-order valence-corrected chi connectivity index (χ1v) is 14.0. The zero-order chi connectivity index (χ0) is 26.5. The number of halogens is 1. The molecule has 0 amide bonds. The second-order valence-corrected chi connectivity index (χ2v) is 10.5. The molecule has 0 heterocycles. The molecule has 204 valence electrons. The van der Waals surface area contributed by atoms with E-state index in [0.717, 1.165) is 51.4 Å². The smallest absolute Gasteiger partial charge is 0.301 e. The molecule has 0 radical (unpaired) electrons. The van der Waals surface area contributed by atoms with Crippen LogP contribution in [-0.2, 0) is 29.0 Å². The first-order valence-electron chi connectivity index (χ1n) is 13.2. The summed E-state index contributed by atoms with van der Waals surface area (Å²) in [6, 6.07) is 0. The fourth-order valence-corrected chi connectivity index (χ4v) is 5.02. The molecule has 0 bridgehead atoms. The average molecular weight is 566 g/mol. The lowest BCUT2D eigenvalue weighted by Gasteiger charge is -2.31. The zero-order valence-electron chi connectivity index (χ0n) is 21.5. The molecule has 9 heteroatoms. The summed E-state index contributed by atoms with van der Waals surface area (Å²) < 4.78 is -1.91. The summed E-state index contributed by atoms with van der Waals surface area (Å²) in [4.78, 5) is 57.8. The van der Waals surface area contributed by atoms with Crippen molar-refractivity contribution in [1.29, 1.82) is 0 Å². The average Bonchev–Trinajstić information content (AvgIpc) is 2.86.